The van der Waals surface area contributed by atoms with Gasteiger partial charge in [0, 0.05) is 17.3 Å². The molecule has 3 aliphatic rings. The summed E-state index contributed by atoms with van der Waals surface area (Å²) in [6.07, 6.45) is 14.5. The molecule has 0 spiro atoms. The molecule has 2 unspecified atom stereocenters. The number of benzene rings is 7. The molecule has 0 saturated heterocycles. The molecule has 7 aromatic rings. The molecule has 1 heteroatoms. The van der Waals surface area contributed by atoms with Crippen LogP contribution in [-0.4, -0.2) is 6.04 Å². The van der Waals surface area contributed by atoms with Crippen LogP contribution in [-0.2, 0) is 5.41 Å². The summed E-state index contributed by atoms with van der Waals surface area (Å²) in [5, 5.41) is 8.01. The molecule has 0 aromatic heterocycles. The summed E-state index contributed by atoms with van der Waals surface area (Å²) in [6, 6.07) is 44.6. The van der Waals surface area contributed by atoms with Gasteiger partial charge in [-0.2, -0.15) is 0 Å². The lowest BCUT2D eigenvalue weighted by Gasteiger charge is -2.33. The van der Waals surface area contributed by atoms with Crippen molar-refractivity contribution >= 4 is 43.7 Å². The second-order valence-corrected chi connectivity index (χ2v) is 17.6. The van der Waals surface area contributed by atoms with E-state index in [1.54, 1.807) is 0 Å². The van der Waals surface area contributed by atoms with Crippen LogP contribution in [0.5, 0.6) is 0 Å². The maximum absolute atomic E-state index is 2.59. The van der Waals surface area contributed by atoms with E-state index in [9.17, 15) is 0 Å². The molecule has 0 radical (unpaired) electrons. The Labute approximate surface area is 332 Å². The van der Waals surface area contributed by atoms with Crippen molar-refractivity contribution in [2.45, 2.75) is 84.6 Å². The maximum Gasteiger partial charge on any atom is 0.0632 e. The molecular formula is C55H51N. The van der Waals surface area contributed by atoms with Crippen molar-refractivity contribution in [1.82, 2.24) is 0 Å². The lowest BCUT2D eigenvalue weighted by Crippen LogP contribution is -2.31. The molecule has 1 nitrogen and oxygen atoms in total. The molecule has 2 aliphatic carbocycles. The normalized spacial score (nSPS) is 18.2. The molecule has 10 rings (SSSR count). The van der Waals surface area contributed by atoms with Gasteiger partial charge in [-0.15, -0.1) is 0 Å². The minimum atomic E-state index is 0.0768. The van der Waals surface area contributed by atoms with Gasteiger partial charge >= 0.3 is 0 Å². The van der Waals surface area contributed by atoms with Crippen molar-refractivity contribution in [3.63, 3.8) is 0 Å². The Morgan fingerprint density at radius 2 is 1.32 bits per heavy atom. The quantitative estimate of drug-likeness (QED) is 0.154. The van der Waals surface area contributed by atoms with Gasteiger partial charge in [-0.05, 0) is 145 Å². The molecule has 1 heterocycles. The largest absolute Gasteiger partial charge is 0.333 e. The number of rotatable bonds is 6. The van der Waals surface area contributed by atoms with Gasteiger partial charge in [0.15, 0.2) is 0 Å². The van der Waals surface area contributed by atoms with Gasteiger partial charge in [-0.3, -0.25) is 0 Å². The number of allylic oxidation sites excluding steroid dienone is 6. The van der Waals surface area contributed by atoms with E-state index in [2.05, 4.69) is 186 Å². The Hall–Kier alpha value is -5.66. The molecule has 2 atom stereocenters. The van der Waals surface area contributed by atoms with Crippen LogP contribution in [0.4, 0.5) is 11.4 Å². The van der Waals surface area contributed by atoms with Gasteiger partial charge in [0.2, 0.25) is 0 Å². The monoisotopic (exact) mass is 725 g/mol. The predicted octanol–water partition coefficient (Wildman–Crippen LogP) is 15.5. The zero-order valence-corrected chi connectivity index (χ0v) is 33.7. The van der Waals surface area contributed by atoms with Crippen molar-refractivity contribution in [1.29, 1.82) is 0 Å². The highest BCUT2D eigenvalue weighted by Crippen LogP contribution is 2.53. The van der Waals surface area contributed by atoms with E-state index in [1.165, 1.54) is 111 Å². The minimum absolute atomic E-state index is 0.0768. The number of fused-ring (bicyclic) bond motifs is 3. The fraction of sp³-hybridized carbons (Fsp3) is 0.236. The van der Waals surface area contributed by atoms with Crippen LogP contribution in [0, 0.1) is 6.92 Å². The number of hydrogen-bond donors (Lipinski definition) is 0. The van der Waals surface area contributed by atoms with Crippen LogP contribution in [0.1, 0.15) is 82.9 Å². The lowest BCUT2D eigenvalue weighted by atomic mass is 9.77. The van der Waals surface area contributed by atoms with Crippen molar-refractivity contribution in [3.05, 3.63) is 179 Å². The van der Waals surface area contributed by atoms with Gasteiger partial charge in [0.25, 0.3) is 0 Å². The number of anilines is 2. The molecule has 1 aliphatic heterocycles. The van der Waals surface area contributed by atoms with Crippen molar-refractivity contribution in [2.24, 2.45) is 0 Å². The molecule has 56 heavy (non-hydrogen) atoms. The van der Waals surface area contributed by atoms with E-state index >= 15 is 0 Å². The highest BCUT2D eigenvalue weighted by atomic mass is 15.2. The summed E-state index contributed by atoms with van der Waals surface area (Å²) in [7, 11) is 0. The first-order chi connectivity index (χ1) is 27.2. The third kappa shape index (κ3) is 5.50. The molecule has 7 aromatic carbocycles. The second kappa shape index (κ2) is 13.2. The van der Waals surface area contributed by atoms with Crippen LogP contribution < -0.4 is 4.90 Å². The van der Waals surface area contributed by atoms with Crippen LogP contribution in [0.15, 0.2) is 162 Å². The Bertz CT molecular complexity index is 2780. The predicted molar refractivity (Wildman–Crippen MR) is 242 cm³/mol. The summed E-state index contributed by atoms with van der Waals surface area (Å²) in [6.45, 7) is 13.8. The number of nitrogens with zero attached hydrogens (tertiary/aromatic N) is 1. The summed E-state index contributed by atoms with van der Waals surface area (Å²) < 4.78 is 0. The van der Waals surface area contributed by atoms with E-state index in [1.807, 2.05) is 0 Å². The maximum atomic E-state index is 2.59. The van der Waals surface area contributed by atoms with E-state index in [0.717, 1.165) is 19.3 Å². The summed E-state index contributed by atoms with van der Waals surface area (Å²) in [5.41, 5.74) is 17.7. The van der Waals surface area contributed by atoms with Crippen molar-refractivity contribution in [2.75, 3.05) is 4.90 Å². The Balaban J connectivity index is 1.09. The third-order valence-corrected chi connectivity index (χ3v) is 13.0. The van der Waals surface area contributed by atoms with Crippen LogP contribution in [0.2, 0.25) is 0 Å². The third-order valence-electron chi connectivity index (χ3n) is 13.0. The molecule has 0 saturated carbocycles. The van der Waals surface area contributed by atoms with Crippen LogP contribution in [0.25, 0.3) is 54.6 Å². The van der Waals surface area contributed by atoms with Gasteiger partial charge in [0.1, 0.15) is 0 Å². The Kier molecular flexibility index (Phi) is 8.22. The number of para-hydroxylation sites is 1. The van der Waals surface area contributed by atoms with E-state index in [4.69, 9.17) is 0 Å². The Morgan fingerprint density at radius 3 is 1.98 bits per heavy atom. The first kappa shape index (κ1) is 34.8. The average Bonchev–Trinajstić information content (AvgIpc) is 3.55. The summed E-state index contributed by atoms with van der Waals surface area (Å²) in [4.78, 5) is 2.59. The van der Waals surface area contributed by atoms with Gasteiger partial charge in [-0.25, -0.2) is 0 Å². The molecule has 0 fully saturated rings. The summed E-state index contributed by atoms with van der Waals surface area (Å²) in [5.74, 6) is 0.324. The topological polar surface area (TPSA) is 3.24 Å². The van der Waals surface area contributed by atoms with E-state index in [-0.39, 0.29) is 11.5 Å². The zero-order valence-electron chi connectivity index (χ0n) is 33.7. The second-order valence-electron chi connectivity index (χ2n) is 17.6. The molecule has 0 amide bonds. The molecular weight excluding hydrogens is 675 g/mol. The lowest BCUT2D eigenvalue weighted by molar-refractivity contribution is 0.591. The summed E-state index contributed by atoms with van der Waals surface area (Å²) >= 11 is 0. The fourth-order valence-electron chi connectivity index (χ4n) is 10.1. The first-order valence-electron chi connectivity index (χ1n) is 20.8. The average molecular weight is 726 g/mol. The van der Waals surface area contributed by atoms with Crippen molar-refractivity contribution in [3.8, 4) is 22.3 Å². The molecule has 0 bridgehead atoms. The Morgan fingerprint density at radius 1 is 0.679 bits per heavy atom. The SMILES string of the molecule is CCCC1=CCCC=C1C1=C(C)C2c3ccccc3N(c3ccc(-c4cc(-c5ccc(C)cc5)c5ccc6cc(C(C)(C)C)cc7ccc4c5c67)cc3)C2C=C1. The fourth-order valence-corrected chi connectivity index (χ4v) is 10.1. The molecule has 276 valence electrons. The molecule has 0 N–H and O–H groups in total. The first-order valence-corrected chi connectivity index (χ1v) is 20.8. The van der Waals surface area contributed by atoms with E-state index in [0.29, 0.717) is 5.92 Å². The van der Waals surface area contributed by atoms with Crippen LogP contribution in [0.3, 0.4) is 0 Å². The van der Waals surface area contributed by atoms with Gasteiger partial charge in [-0.1, -0.05) is 161 Å². The van der Waals surface area contributed by atoms with Gasteiger partial charge in [0.05, 0.1) is 6.04 Å². The van der Waals surface area contributed by atoms with E-state index < -0.39 is 0 Å². The van der Waals surface area contributed by atoms with Crippen molar-refractivity contribution < 1.29 is 0 Å². The van der Waals surface area contributed by atoms with Crippen LogP contribution >= 0.6 is 0 Å². The number of hydrogen-bond acceptors (Lipinski definition) is 1. The highest BCUT2D eigenvalue weighted by Gasteiger charge is 2.41. The highest BCUT2D eigenvalue weighted by molar-refractivity contribution is 6.28. The van der Waals surface area contributed by atoms with Gasteiger partial charge < -0.3 is 4.90 Å². The zero-order chi connectivity index (χ0) is 38.3. The standard InChI is InChI=1S/C55H51N/c1-7-12-36-13-8-9-14-44(36)43-29-30-51-52(35(43)3)47-15-10-11-16-50(47)56(51)42-25-21-38(22-26-42)49-33-48(37-19-17-34(2)18-20-37)45-27-23-39-31-41(55(4,5)6)32-40-24-28-46(49)54(45)53(39)40/h10-11,13-33,51-52H,7-9,12H2,1-6H3. The number of aryl methyl sites for hydroxylation is 1. The minimum Gasteiger partial charge on any atom is -0.333 e. The smallest absolute Gasteiger partial charge is 0.0632 e.